The SMILES string of the molecule is COc1ccc2c(CC(=O)O)c(C(=O)c3cccc(Br)c3)[nH]c2c1. The molecule has 24 heavy (non-hydrogen) atoms. The number of ketones is 1. The smallest absolute Gasteiger partial charge is 0.307 e. The van der Waals surface area contributed by atoms with Crippen molar-refractivity contribution in [2.75, 3.05) is 7.11 Å². The minimum absolute atomic E-state index is 0.235. The first kappa shape index (κ1) is 16.3. The van der Waals surface area contributed by atoms with Gasteiger partial charge in [0.25, 0.3) is 0 Å². The molecule has 1 aromatic heterocycles. The summed E-state index contributed by atoms with van der Waals surface area (Å²) in [6.07, 6.45) is -0.235. The zero-order chi connectivity index (χ0) is 17.3. The number of aromatic nitrogens is 1. The predicted octanol–water partition coefficient (Wildman–Crippen LogP) is 3.80. The summed E-state index contributed by atoms with van der Waals surface area (Å²) in [5.41, 5.74) is 1.92. The van der Waals surface area contributed by atoms with E-state index in [2.05, 4.69) is 20.9 Å². The molecule has 0 unspecified atom stereocenters. The number of carboxylic acids is 1. The van der Waals surface area contributed by atoms with E-state index in [1.165, 1.54) is 0 Å². The number of carboxylic acid groups (broad SMARTS) is 1. The fraction of sp³-hybridized carbons (Fsp3) is 0.111. The first-order valence-electron chi connectivity index (χ1n) is 7.20. The second kappa shape index (κ2) is 6.49. The summed E-state index contributed by atoms with van der Waals surface area (Å²) in [5.74, 6) is -0.607. The van der Waals surface area contributed by atoms with E-state index in [0.717, 1.165) is 4.47 Å². The summed E-state index contributed by atoms with van der Waals surface area (Å²) in [6.45, 7) is 0. The highest BCUT2D eigenvalue weighted by Crippen LogP contribution is 2.28. The Morgan fingerprint density at radius 1 is 1.21 bits per heavy atom. The third kappa shape index (κ3) is 3.05. The molecule has 0 aliphatic rings. The Balaban J connectivity index is 2.18. The average molecular weight is 388 g/mol. The van der Waals surface area contributed by atoms with Crippen molar-refractivity contribution < 1.29 is 19.4 Å². The van der Waals surface area contributed by atoms with Gasteiger partial charge in [-0.2, -0.15) is 0 Å². The number of ether oxygens (including phenoxy) is 1. The number of rotatable bonds is 5. The molecule has 122 valence electrons. The quantitative estimate of drug-likeness (QED) is 0.652. The Morgan fingerprint density at radius 3 is 2.67 bits per heavy atom. The Morgan fingerprint density at radius 2 is 2.00 bits per heavy atom. The number of aromatic amines is 1. The number of hydrogen-bond donors (Lipinski definition) is 2. The molecule has 0 amide bonds. The van der Waals surface area contributed by atoms with Crippen LogP contribution in [0.5, 0.6) is 5.75 Å². The second-order valence-electron chi connectivity index (χ2n) is 5.30. The van der Waals surface area contributed by atoms with Gasteiger partial charge in [0.15, 0.2) is 0 Å². The third-order valence-corrected chi connectivity index (χ3v) is 4.25. The highest BCUT2D eigenvalue weighted by molar-refractivity contribution is 9.10. The summed E-state index contributed by atoms with van der Waals surface area (Å²) < 4.78 is 5.97. The van der Waals surface area contributed by atoms with E-state index in [9.17, 15) is 14.7 Å². The van der Waals surface area contributed by atoms with Gasteiger partial charge in [0.1, 0.15) is 5.75 Å². The van der Waals surface area contributed by atoms with Crippen LogP contribution >= 0.6 is 15.9 Å². The molecule has 5 nitrogen and oxygen atoms in total. The number of fused-ring (bicyclic) bond motifs is 1. The van der Waals surface area contributed by atoms with Crippen molar-refractivity contribution in [3.63, 3.8) is 0 Å². The van der Waals surface area contributed by atoms with Crippen molar-refractivity contribution in [1.82, 2.24) is 4.98 Å². The number of carbonyl (C=O) groups excluding carboxylic acids is 1. The van der Waals surface area contributed by atoms with Crippen LogP contribution in [0.15, 0.2) is 46.9 Å². The van der Waals surface area contributed by atoms with Crippen molar-refractivity contribution in [1.29, 1.82) is 0 Å². The lowest BCUT2D eigenvalue weighted by Crippen LogP contribution is -2.08. The monoisotopic (exact) mass is 387 g/mol. The van der Waals surface area contributed by atoms with Crippen molar-refractivity contribution >= 4 is 38.6 Å². The van der Waals surface area contributed by atoms with Gasteiger partial charge in [0, 0.05) is 32.6 Å². The van der Waals surface area contributed by atoms with Crippen LogP contribution < -0.4 is 4.74 Å². The fourth-order valence-electron chi connectivity index (χ4n) is 2.66. The zero-order valence-electron chi connectivity index (χ0n) is 12.8. The summed E-state index contributed by atoms with van der Waals surface area (Å²) in [5, 5.41) is 9.91. The first-order valence-corrected chi connectivity index (χ1v) is 7.99. The Labute approximate surface area is 146 Å². The minimum Gasteiger partial charge on any atom is -0.497 e. The molecule has 0 bridgehead atoms. The molecule has 0 saturated carbocycles. The molecule has 0 aliphatic carbocycles. The molecule has 1 heterocycles. The Kier molecular flexibility index (Phi) is 4.40. The number of halogens is 1. The van der Waals surface area contributed by atoms with Gasteiger partial charge in [0.05, 0.1) is 19.2 Å². The number of aliphatic carboxylic acids is 1. The van der Waals surface area contributed by atoms with Gasteiger partial charge in [-0.3, -0.25) is 9.59 Å². The zero-order valence-corrected chi connectivity index (χ0v) is 14.4. The number of nitrogens with one attached hydrogen (secondary N) is 1. The minimum atomic E-state index is -0.991. The Bertz CT molecular complexity index is 945. The molecule has 3 rings (SSSR count). The van der Waals surface area contributed by atoms with Gasteiger partial charge in [0.2, 0.25) is 5.78 Å². The average Bonchev–Trinajstić information content (AvgIpc) is 2.91. The third-order valence-electron chi connectivity index (χ3n) is 3.76. The van der Waals surface area contributed by atoms with Crippen molar-refractivity contribution in [2.45, 2.75) is 6.42 Å². The van der Waals surface area contributed by atoms with Gasteiger partial charge in [-0.05, 0) is 24.3 Å². The molecule has 0 aliphatic heterocycles. The van der Waals surface area contributed by atoms with Crippen molar-refractivity contribution in [3.05, 3.63) is 63.8 Å². The van der Waals surface area contributed by atoms with Crippen LogP contribution in [0.2, 0.25) is 0 Å². The van der Waals surface area contributed by atoms with Gasteiger partial charge in [-0.1, -0.05) is 28.1 Å². The number of methoxy groups -OCH3 is 1. The lowest BCUT2D eigenvalue weighted by atomic mass is 10.0. The van der Waals surface area contributed by atoms with E-state index in [0.29, 0.717) is 33.5 Å². The van der Waals surface area contributed by atoms with E-state index in [1.807, 2.05) is 6.07 Å². The molecule has 0 atom stereocenters. The molecule has 0 saturated heterocycles. The standard InChI is InChI=1S/C18H14BrNO4/c1-24-12-5-6-13-14(9-16(21)22)17(20-15(13)8-12)18(23)10-3-2-4-11(19)7-10/h2-8,20H,9H2,1H3,(H,21,22). The van der Waals surface area contributed by atoms with Gasteiger partial charge in [-0.25, -0.2) is 0 Å². The molecular weight excluding hydrogens is 374 g/mol. The number of hydrogen-bond acceptors (Lipinski definition) is 3. The summed E-state index contributed by atoms with van der Waals surface area (Å²) >= 11 is 3.34. The van der Waals surface area contributed by atoms with Crippen LogP contribution in [0.1, 0.15) is 21.6 Å². The van der Waals surface area contributed by atoms with E-state index in [-0.39, 0.29) is 12.2 Å². The second-order valence-corrected chi connectivity index (χ2v) is 6.22. The van der Waals surface area contributed by atoms with Gasteiger partial charge in [-0.15, -0.1) is 0 Å². The summed E-state index contributed by atoms with van der Waals surface area (Å²) in [4.78, 5) is 27.1. The lowest BCUT2D eigenvalue weighted by molar-refractivity contribution is -0.136. The van der Waals surface area contributed by atoms with E-state index in [4.69, 9.17) is 4.74 Å². The highest BCUT2D eigenvalue weighted by atomic mass is 79.9. The van der Waals surface area contributed by atoms with Crippen LogP contribution in [0.25, 0.3) is 10.9 Å². The highest BCUT2D eigenvalue weighted by Gasteiger charge is 2.21. The molecule has 2 aromatic carbocycles. The maximum absolute atomic E-state index is 12.8. The lowest BCUT2D eigenvalue weighted by Gasteiger charge is -2.03. The van der Waals surface area contributed by atoms with E-state index < -0.39 is 5.97 Å². The molecule has 6 heteroatoms. The maximum Gasteiger partial charge on any atom is 0.307 e. The molecule has 0 spiro atoms. The predicted molar refractivity (Wildman–Crippen MR) is 93.8 cm³/mol. The topological polar surface area (TPSA) is 79.4 Å². The normalized spacial score (nSPS) is 10.8. The van der Waals surface area contributed by atoms with Gasteiger partial charge >= 0.3 is 5.97 Å². The summed E-state index contributed by atoms with van der Waals surface area (Å²) in [7, 11) is 1.55. The largest absolute Gasteiger partial charge is 0.497 e. The van der Waals surface area contributed by atoms with E-state index in [1.54, 1.807) is 43.5 Å². The molecule has 2 N–H and O–H groups in total. The number of H-pyrrole nitrogens is 1. The molecular formula is C18H14BrNO4. The van der Waals surface area contributed by atoms with Crippen LogP contribution in [0.3, 0.4) is 0 Å². The van der Waals surface area contributed by atoms with E-state index >= 15 is 0 Å². The number of carbonyl (C=O) groups is 2. The van der Waals surface area contributed by atoms with Gasteiger partial charge < -0.3 is 14.8 Å². The molecule has 3 aromatic rings. The van der Waals surface area contributed by atoms with Crippen LogP contribution in [-0.2, 0) is 11.2 Å². The Hall–Kier alpha value is -2.60. The maximum atomic E-state index is 12.8. The number of benzene rings is 2. The molecule has 0 radical (unpaired) electrons. The summed E-state index contributed by atoms with van der Waals surface area (Å²) in [6, 6.07) is 12.3. The van der Waals surface area contributed by atoms with Crippen molar-refractivity contribution in [3.8, 4) is 5.75 Å². The first-order chi connectivity index (χ1) is 11.5. The van der Waals surface area contributed by atoms with Crippen LogP contribution in [0, 0.1) is 0 Å². The molecule has 0 fully saturated rings. The van der Waals surface area contributed by atoms with Crippen molar-refractivity contribution in [2.24, 2.45) is 0 Å². The van der Waals surface area contributed by atoms with Crippen LogP contribution in [-0.4, -0.2) is 29.0 Å². The fourth-order valence-corrected chi connectivity index (χ4v) is 3.06. The van der Waals surface area contributed by atoms with Crippen LogP contribution in [0.4, 0.5) is 0 Å².